The molecule has 2 N–H and O–H groups in total. The van der Waals surface area contributed by atoms with Crippen LogP contribution >= 0.6 is 0 Å². The number of hydrogen-bond donors (Lipinski definition) is 1. The topological polar surface area (TPSA) is 35.2 Å². The minimum absolute atomic E-state index is 0.0746. The van der Waals surface area contributed by atoms with E-state index in [0.29, 0.717) is 12.0 Å². The summed E-state index contributed by atoms with van der Waals surface area (Å²) in [6, 6.07) is 7.21. The van der Waals surface area contributed by atoms with Crippen molar-refractivity contribution in [1.82, 2.24) is 0 Å². The van der Waals surface area contributed by atoms with E-state index in [-0.39, 0.29) is 5.54 Å². The van der Waals surface area contributed by atoms with E-state index in [4.69, 9.17) is 10.5 Å². The Balaban J connectivity index is 1.49. The summed E-state index contributed by atoms with van der Waals surface area (Å²) < 4.78 is 6.15. The lowest BCUT2D eigenvalue weighted by atomic mass is 9.85. The van der Waals surface area contributed by atoms with Gasteiger partial charge in [-0.15, -0.1) is 6.58 Å². The number of aryl methyl sites for hydroxylation is 1. The highest BCUT2D eigenvalue weighted by molar-refractivity contribution is 5.36. The summed E-state index contributed by atoms with van der Waals surface area (Å²) in [6.07, 6.45) is 15.3. The Morgan fingerprint density at radius 3 is 2.88 bits per heavy atom. The Bertz CT molecular complexity index is 596. The van der Waals surface area contributed by atoms with Crippen LogP contribution in [0.15, 0.2) is 30.9 Å². The predicted molar refractivity (Wildman–Crippen MR) is 111 cm³/mol. The molecule has 144 valence electrons. The Morgan fingerprint density at radius 1 is 1.23 bits per heavy atom. The van der Waals surface area contributed by atoms with Crippen LogP contribution in [-0.4, -0.2) is 18.2 Å². The molecule has 2 heteroatoms. The van der Waals surface area contributed by atoms with Gasteiger partial charge >= 0.3 is 0 Å². The van der Waals surface area contributed by atoms with E-state index in [1.54, 1.807) is 5.56 Å². The van der Waals surface area contributed by atoms with Gasteiger partial charge in [0.1, 0.15) is 0 Å². The normalized spacial score (nSPS) is 28.1. The second-order valence-electron chi connectivity index (χ2n) is 8.56. The lowest BCUT2D eigenvalue weighted by molar-refractivity contribution is 0.0418. The number of rotatable bonds is 9. The van der Waals surface area contributed by atoms with Gasteiger partial charge < -0.3 is 10.5 Å². The largest absolute Gasteiger partial charge is 0.378 e. The van der Waals surface area contributed by atoms with Gasteiger partial charge in [0.25, 0.3) is 0 Å². The first-order valence-electron chi connectivity index (χ1n) is 10.8. The molecule has 2 aliphatic rings. The molecule has 3 rings (SSSR count). The van der Waals surface area contributed by atoms with Crippen molar-refractivity contribution in [3.8, 4) is 0 Å². The number of allylic oxidation sites excluding steroid dienone is 1. The minimum Gasteiger partial charge on any atom is -0.378 e. The third-order valence-electron chi connectivity index (χ3n) is 6.64. The van der Waals surface area contributed by atoms with Gasteiger partial charge in [-0.3, -0.25) is 0 Å². The van der Waals surface area contributed by atoms with Crippen LogP contribution in [0.5, 0.6) is 0 Å². The molecule has 0 amide bonds. The molecule has 1 unspecified atom stereocenters. The summed E-state index contributed by atoms with van der Waals surface area (Å²) in [6.45, 7) is 6.92. The van der Waals surface area contributed by atoms with Gasteiger partial charge in [0.05, 0.1) is 6.10 Å². The average Bonchev–Trinajstić information content (AvgIpc) is 3.07. The molecule has 0 bridgehead atoms. The van der Waals surface area contributed by atoms with Gasteiger partial charge in [-0.1, -0.05) is 37.6 Å². The van der Waals surface area contributed by atoms with Crippen molar-refractivity contribution in [1.29, 1.82) is 0 Å². The van der Waals surface area contributed by atoms with Gasteiger partial charge in [-0.25, -0.2) is 0 Å². The zero-order chi connectivity index (χ0) is 18.4. The average molecular weight is 356 g/mol. The summed E-state index contributed by atoms with van der Waals surface area (Å²) in [5.74, 6) is 0.662. The maximum atomic E-state index is 6.51. The SMILES string of the molecule is C=CCCCCCOC1CCc2cc([C@H]3CC[C@](N)(CC)C3)ccc2C1. The Hall–Kier alpha value is -1.12. The first kappa shape index (κ1) is 19.6. The summed E-state index contributed by atoms with van der Waals surface area (Å²) in [5.41, 5.74) is 11.2. The molecule has 0 aromatic heterocycles. The fraction of sp³-hybridized carbons (Fsp3) is 0.667. The number of nitrogens with two attached hydrogens (primary N) is 1. The third kappa shape index (κ3) is 4.98. The Labute approximate surface area is 160 Å². The van der Waals surface area contributed by atoms with E-state index in [1.807, 2.05) is 6.08 Å². The highest BCUT2D eigenvalue weighted by atomic mass is 16.5. The van der Waals surface area contributed by atoms with Crippen LogP contribution < -0.4 is 5.73 Å². The van der Waals surface area contributed by atoms with Crippen molar-refractivity contribution in [2.75, 3.05) is 6.61 Å². The summed E-state index contributed by atoms with van der Waals surface area (Å²) in [5, 5.41) is 0. The molecular formula is C24H37NO. The van der Waals surface area contributed by atoms with Crippen molar-refractivity contribution in [2.24, 2.45) is 5.73 Å². The first-order valence-corrected chi connectivity index (χ1v) is 10.8. The fourth-order valence-electron chi connectivity index (χ4n) is 4.72. The molecule has 26 heavy (non-hydrogen) atoms. The van der Waals surface area contributed by atoms with Crippen molar-refractivity contribution in [2.45, 2.75) is 95.1 Å². The molecule has 1 fully saturated rings. The maximum absolute atomic E-state index is 6.51. The predicted octanol–water partition coefficient (Wildman–Crippen LogP) is 5.68. The molecule has 0 radical (unpaired) electrons. The zero-order valence-electron chi connectivity index (χ0n) is 16.6. The van der Waals surface area contributed by atoms with Gasteiger partial charge in [0, 0.05) is 12.1 Å². The minimum atomic E-state index is 0.0746. The molecule has 1 aromatic carbocycles. The monoisotopic (exact) mass is 355 g/mol. The number of hydrogen-bond acceptors (Lipinski definition) is 2. The lowest BCUT2D eigenvalue weighted by Gasteiger charge is -2.26. The number of benzene rings is 1. The zero-order valence-corrected chi connectivity index (χ0v) is 16.6. The van der Waals surface area contributed by atoms with Gasteiger partial charge in [-0.05, 0) is 86.8 Å². The quantitative estimate of drug-likeness (QED) is 0.457. The number of fused-ring (bicyclic) bond motifs is 1. The Morgan fingerprint density at radius 2 is 2.12 bits per heavy atom. The van der Waals surface area contributed by atoms with Crippen LogP contribution in [0.2, 0.25) is 0 Å². The first-order chi connectivity index (χ1) is 12.6. The summed E-state index contributed by atoms with van der Waals surface area (Å²) >= 11 is 0. The molecule has 1 aromatic rings. The second-order valence-corrected chi connectivity index (χ2v) is 8.56. The Kier molecular flexibility index (Phi) is 6.94. The van der Waals surface area contributed by atoms with E-state index in [0.717, 1.165) is 32.3 Å². The molecular weight excluding hydrogens is 318 g/mol. The molecule has 1 saturated carbocycles. The summed E-state index contributed by atoms with van der Waals surface area (Å²) in [4.78, 5) is 0. The molecule has 0 heterocycles. The molecule has 2 nitrogen and oxygen atoms in total. The molecule has 3 atom stereocenters. The second kappa shape index (κ2) is 9.19. The standard InChI is InChI=1S/C24H37NO/c1-3-5-6-7-8-15-26-23-12-11-19-16-20(9-10-21(19)17-23)22-13-14-24(25,4-2)18-22/h3,9-10,16,22-23H,1,4-8,11-15,17-18,25H2,2H3/t22-,23?,24+/m0/s1. The lowest BCUT2D eigenvalue weighted by Crippen LogP contribution is -2.35. The maximum Gasteiger partial charge on any atom is 0.0618 e. The van der Waals surface area contributed by atoms with Crippen molar-refractivity contribution in [3.05, 3.63) is 47.5 Å². The fourth-order valence-corrected chi connectivity index (χ4v) is 4.72. The van der Waals surface area contributed by atoms with E-state index < -0.39 is 0 Å². The van der Waals surface area contributed by atoms with Crippen LogP contribution in [0.25, 0.3) is 0 Å². The highest BCUT2D eigenvalue weighted by Crippen LogP contribution is 2.42. The van der Waals surface area contributed by atoms with E-state index in [9.17, 15) is 0 Å². The number of ether oxygens (including phenoxy) is 1. The smallest absolute Gasteiger partial charge is 0.0618 e. The van der Waals surface area contributed by atoms with Crippen LogP contribution in [0.3, 0.4) is 0 Å². The van der Waals surface area contributed by atoms with Gasteiger partial charge in [0.2, 0.25) is 0 Å². The van der Waals surface area contributed by atoms with Crippen LogP contribution in [-0.2, 0) is 17.6 Å². The third-order valence-corrected chi connectivity index (χ3v) is 6.64. The molecule has 0 aliphatic heterocycles. The van der Waals surface area contributed by atoms with Crippen LogP contribution in [0.4, 0.5) is 0 Å². The molecule has 0 spiro atoms. The molecule has 2 aliphatic carbocycles. The van der Waals surface area contributed by atoms with Crippen LogP contribution in [0.1, 0.15) is 87.3 Å². The highest BCUT2D eigenvalue weighted by Gasteiger charge is 2.35. The number of unbranched alkanes of at least 4 members (excludes halogenated alkanes) is 3. The van der Waals surface area contributed by atoms with E-state index >= 15 is 0 Å². The van der Waals surface area contributed by atoms with Gasteiger partial charge in [-0.2, -0.15) is 0 Å². The molecule has 0 saturated heterocycles. The van der Waals surface area contributed by atoms with E-state index in [2.05, 4.69) is 31.7 Å². The van der Waals surface area contributed by atoms with Gasteiger partial charge in [0.15, 0.2) is 0 Å². The van der Waals surface area contributed by atoms with Crippen molar-refractivity contribution >= 4 is 0 Å². The summed E-state index contributed by atoms with van der Waals surface area (Å²) in [7, 11) is 0. The van der Waals surface area contributed by atoms with Crippen molar-refractivity contribution < 1.29 is 4.74 Å². The van der Waals surface area contributed by atoms with E-state index in [1.165, 1.54) is 56.1 Å². The van der Waals surface area contributed by atoms with Crippen LogP contribution in [0, 0.1) is 0 Å². The van der Waals surface area contributed by atoms with Crippen molar-refractivity contribution in [3.63, 3.8) is 0 Å².